The van der Waals surface area contributed by atoms with Crippen molar-refractivity contribution in [2.45, 2.75) is 25.8 Å². The highest BCUT2D eigenvalue weighted by Crippen LogP contribution is 2.21. The van der Waals surface area contributed by atoms with E-state index in [4.69, 9.17) is 0 Å². The first-order valence-electron chi connectivity index (χ1n) is 7.41. The molecule has 4 nitrogen and oxygen atoms in total. The van der Waals surface area contributed by atoms with Crippen LogP contribution in [0, 0.1) is 0 Å². The molecule has 1 saturated heterocycles. The highest BCUT2D eigenvalue weighted by Gasteiger charge is 2.21. The van der Waals surface area contributed by atoms with Crippen molar-refractivity contribution in [3.8, 4) is 0 Å². The van der Waals surface area contributed by atoms with Crippen LogP contribution in [0.4, 0.5) is 5.69 Å². The standard InChI is InChI=1S/C17H18N2O2S/c20-16(11-15-3-2-10-22-15)18-12-13-5-7-14(8-6-13)19-9-1-4-17(19)21/h2-3,5-8,10H,1,4,9,11-12H2,(H,18,20). The van der Waals surface area contributed by atoms with Gasteiger partial charge in [-0.05, 0) is 35.6 Å². The third kappa shape index (κ3) is 3.54. The van der Waals surface area contributed by atoms with Gasteiger partial charge in [0.2, 0.25) is 11.8 Å². The molecule has 1 aliphatic rings. The number of carbonyl (C=O) groups excluding carboxylic acids is 2. The molecule has 0 bridgehead atoms. The Labute approximate surface area is 133 Å². The maximum absolute atomic E-state index is 11.8. The van der Waals surface area contributed by atoms with Crippen molar-refractivity contribution >= 4 is 28.8 Å². The van der Waals surface area contributed by atoms with E-state index in [1.807, 2.05) is 46.7 Å². The molecule has 2 aromatic rings. The molecule has 2 amide bonds. The summed E-state index contributed by atoms with van der Waals surface area (Å²) < 4.78 is 0. The summed E-state index contributed by atoms with van der Waals surface area (Å²) in [7, 11) is 0. The zero-order valence-corrected chi connectivity index (χ0v) is 13.1. The summed E-state index contributed by atoms with van der Waals surface area (Å²) in [5.74, 6) is 0.221. The molecule has 0 saturated carbocycles. The second kappa shape index (κ2) is 6.75. The lowest BCUT2D eigenvalue weighted by molar-refractivity contribution is -0.120. The Hall–Kier alpha value is -2.14. The van der Waals surface area contributed by atoms with Gasteiger partial charge in [-0.15, -0.1) is 11.3 Å². The minimum Gasteiger partial charge on any atom is -0.352 e. The van der Waals surface area contributed by atoms with Crippen LogP contribution in [0.3, 0.4) is 0 Å². The fourth-order valence-electron chi connectivity index (χ4n) is 2.55. The van der Waals surface area contributed by atoms with Crippen molar-refractivity contribution in [3.05, 3.63) is 52.2 Å². The van der Waals surface area contributed by atoms with Crippen LogP contribution in [0.2, 0.25) is 0 Å². The molecule has 2 heterocycles. The molecular formula is C17H18N2O2S. The van der Waals surface area contributed by atoms with E-state index in [-0.39, 0.29) is 11.8 Å². The third-order valence-corrected chi connectivity index (χ3v) is 4.60. The fourth-order valence-corrected chi connectivity index (χ4v) is 3.25. The van der Waals surface area contributed by atoms with Crippen molar-refractivity contribution in [2.75, 3.05) is 11.4 Å². The zero-order valence-electron chi connectivity index (χ0n) is 12.2. The first-order chi connectivity index (χ1) is 10.7. The number of amides is 2. The van der Waals surface area contributed by atoms with Crippen molar-refractivity contribution in [2.24, 2.45) is 0 Å². The second-order valence-electron chi connectivity index (χ2n) is 5.35. The molecule has 0 atom stereocenters. The zero-order chi connectivity index (χ0) is 15.4. The van der Waals surface area contributed by atoms with E-state index < -0.39 is 0 Å². The number of anilines is 1. The highest BCUT2D eigenvalue weighted by atomic mass is 32.1. The van der Waals surface area contributed by atoms with Gasteiger partial charge in [-0.2, -0.15) is 0 Å². The molecular weight excluding hydrogens is 296 g/mol. The quantitative estimate of drug-likeness (QED) is 0.922. The van der Waals surface area contributed by atoms with Crippen molar-refractivity contribution in [1.82, 2.24) is 5.32 Å². The SMILES string of the molecule is O=C(Cc1cccs1)NCc1ccc(N2CCCC2=O)cc1. The van der Waals surface area contributed by atoms with Gasteiger partial charge in [0, 0.05) is 30.1 Å². The predicted molar refractivity (Wildman–Crippen MR) is 87.9 cm³/mol. The van der Waals surface area contributed by atoms with Crippen LogP contribution >= 0.6 is 11.3 Å². The van der Waals surface area contributed by atoms with E-state index in [0.29, 0.717) is 19.4 Å². The van der Waals surface area contributed by atoms with Crippen molar-refractivity contribution in [1.29, 1.82) is 0 Å². The van der Waals surface area contributed by atoms with Crippen LogP contribution in [0.25, 0.3) is 0 Å². The maximum atomic E-state index is 11.8. The summed E-state index contributed by atoms with van der Waals surface area (Å²) in [6.07, 6.45) is 2.00. The lowest BCUT2D eigenvalue weighted by Gasteiger charge is -2.16. The summed E-state index contributed by atoms with van der Waals surface area (Å²) in [6.45, 7) is 1.31. The highest BCUT2D eigenvalue weighted by molar-refractivity contribution is 7.10. The molecule has 3 rings (SSSR count). The number of benzene rings is 1. The fraction of sp³-hybridized carbons (Fsp3) is 0.294. The van der Waals surface area contributed by atoms with Gasteiger partial charge in [-0.25, -0.2) is 0 Å². The van der Waals surface area contributed by atoms with E-state index in [1.165, 1.54) is 0 Å². The van der Waals surface area contributed by atoms with E-state index in [9.17, 15) is 9.59 Å². The number of carbonyl (C=O) groups is 2. The van der Waals surface area contributed by atoms with Gasteiger partial charge in [0.15, 0.2) is 0 Å². The Morgan fingerprint density at radius 1 is 1.23 bits per heavy atom. The van der Waals surface area contributed by atoms with Crippen molar-refractivity contribution in [3.63, 3.8) is 0 Å². The summed E-state index contributed by atoms with van der Waals surface area (Å²) >= 11 is 1.59. The molecule has 1 aromatic heterocycles. The van der Waals surface area contributed by atoms with E-state index in [2.05, 4.69) is 5.32 Å². The lowest BCUT2D eigenvalue weighted by atomic mass is 10.2. The summed E-state index contributed by atoms with van der Waals surface area (Å²) in [5, 5.41) is 4.90. The Morgan fingerprint density at radius 3 is 2.68 bits per heavy atom. The molecule has 114 valence electrons. The van der Waals surface area contributed by atoms with E-state index >= 15 is 0 Å². The molecule has 0 aliphatic carbocycles. The van der Waals surface area contributed by atoms with Crippen LogP contribution in [0.5, 0.6) is 0 Å². The molecule has 1 aliphatic heterocycles. The Morgan fingerprint density at radius 2 is 2.05 bits per heavy atom. The Balaban J connectivity index is 1.52. The monoisotopic (exact) mass is 314 g/mol. The molecule has 5 heteroatoms. The molecule has 1 fully saturated rings. The van der Waals surface area contributed by atoms with Crippen LogP contribution in [-0.4, -0.2) is 18.4 Å². The summed E-state index contributed by atoms with van der Waals surface area (Å²) in [5.41, 5.74) is 1.98. The first kappa shape index (κ1) is 14.8. The number of hydrogen-bond donors (Lipinski definition) is 1. The lowest BCUT2D eigenvalue weighted by Crippen LogP contribution is -2.25. The molecule has 0 unspecified atom stereocenters. The van der Waals surface area contributed by atoms with Gasteiger partial charge < -0.3 is 10.2 Å². The van der Waals surface area contributed by atoms with Crippen LogP contribution in [0.1, 0.15) is 23.3 Å². The third-order valence-electron chi connectivity index (χ3n) is 3.73. The topological polar surface area (TPSA) is 49.4 Å². The smallest absolute Gasteiger partial charge is 0.227 e. The summed E-state index contributed by atoms with van der Waals surface area (Å²) in [4.78, 5) is 26.4. The van der Waals surface area contributed by atoms with Crippen LogP contribution in [0.15, 0.2) is 41.8 Å². The van der Waals surface area contributed by atoms with Gasteiger partial charge in [-0.3, -0.25) is 9.59 Å². The number of hydrogen-bond acceptors (Lipinski definition) is 3. The maximum Gasteiger partial charge on any atom is 0.227 e. The van der Waals surface area contributed by atoms with Gasteiger partial charge in [0.1, 0.15) is 0 Å². The summed E-state index contributed by atoms with van der Waals surface area (Å²) in [6, 6.07) is 11.7. The largest absolute Gasteiger partial charge is 0.352 e. The predicted octanol–water partition coefficient (Wildman–Crippen LogP) is 2.73. The normalized spacial score (nSPS) is 14.4. The minimum atomic E-state index is 0.0289. The number of nitrogens with one attached hydrogen (secondary N) is 1. The Bertz CT molecular complexity index is 650. The number of thiophene rings is 1. The average Bonchev–Trinajstić information content (AvgIpc) is 3.17. The molecule has 22 heavy (non-hydrogen) atoms. The van der Waals surface area contributed by atoms with Crippen molar-refractivity contribution < 1.29 is 9.59 Å². The van der Waals surface area contributed by atoms with Gasteiger partial charge in [0.25, 0.3) is 0 Å². The minimum absolute atomic E-state index is 0.0289. The van der Waals surface area contributed by atoms with E-state index in [1.54, 1.807) is 11.3 Å². The van der Waals surface area contributed by atoms with Gasteiger partial charge in [-0.1, -0.05) is 18.2 Å². The molecule has 1 aromatic carbocycles. The van der Waals surface area contributed by atoms with Gasteiger partial charge in [0.05, 0.1) is 6.42 Å². The number of rotatable bonds is 5. The number of nitrogens with zero attached hydrogens (tertiary/aromatic N) is 1. The molecule has 0 radical (unpaired) electrons. The van der Waals surface area contributed by atoms with Crippen LogP contribution in [-0.2, 0) is 22.6 Å². The van der Waals surface area contributed by atoms with Crippen LogP contribution < -0.4 is 10.2 Å². The molecule has 1 N–H and O–H groups in total. The first-order valence-corrected chi connectivity index (χ1v) is 8.29. The average molecular weight is 314 g/mol. The Kier molecular flexibility index (Phi) is 4.53. The van der Waals surface area contributed by atoms with Gasteiger partial charge >= 0.3 is 0 Å². The molecule has 0 spiro atoms. The second-order valence-corrected chi connectivity index (χ2v) is 6.38. The van der Waals surface area contributed by atoms with E-state index in [0.717, 1.165) is 29.1 Å².